The summed E-state index contributed by atoms with van der Waals surface area (Å²) in [5.41, 5.74) is 1.42. The van der Waals surface area contributed by atoms with E-state index in [9.17, 15) is 9.59 Å². The third kappa shape index (κ3) is 5.91. The van der Waals surface area contributed by atoms with Gasteiger partial charge < -0.3 is 9.47 Å². The summed E-state index contributed by atoms with van der Waals surface area (Å²) in [6.07, 6.45) is 0.532. The molecule has 15 heavy (non-hydrogen) atoms. The Balaban J connectivity index is 3.90. The van der Waals surface area contributed by atoms with E-state index < -0.39 is 18.0 Å². The Kier molecular flexibility index (Phi) is 6.45. The topological polar surface area (TPSA) is 52.6 Å². The van der Waals surface area contributed by atoms with E-state index in [4.69, 9.17) is 21.1 Å². The first kappa shape index (κ1) is 13.7. The summed E-state index contributed by atoms with van der Waals surface area (Å²) in [4.78, 5) is 21.8. The minimum absolute atomic E-state index is 0.0134. The van der Waals surface area contributed by atoms with Crippen LogP contribution < -0.4 is 0 Å². The van der Waals surface area contributed by atoms with E-state index >= 15 is 0 Å². The summed E-state index contributed by atoms with van der Waals surface area (Å²) in [5, 5.41) is 0. The Hall–Kier alpha value is -1.29. The lowest BCUT2D eigenvalue weighted by Gasteiger charge is -2.12. The first-order chi connectivity index (χ1) is 7.01. The van der Waals surface area contributed by atoms with Crippen LogP contribution in [0.4, 0.5) is 0 Å². The van der Waals surface area contributed by atoms with E-state index in [0.717, 1.165) is 11.6 Å². The van der Waals surface area contributed by atoms with Gasteiger partial charge in [-0.2, -0.15) is 0 Å². The quantitative estimate of drug-likeness (QED) is 0.536. The average Bonchev–Trinajstić information content (AvgIpc) is 2.24. The highest BCUT2D eigenvalue weighted by Gasteiger charge is 2.11. The highest BCUT2D eigenvalue weighted by molar-refractivity contribution is 6.27. The zero-order valence-corrected chi connectivity index (χ0v) is 9.41. The third-order valence-electron chi connectivity index (χ3n) is 1.42. The second-order valence-corrected chi connectivity index (χ2v) is 3.06. The van der Waals surface area contributed by atoms with Gasteiger partial charge >= 0.3 is 11.9 Å². The lowest BCUT2D eigenvalue weighted by molar-refractivity contribution is -0.152. The highest BCUT2D eigenvalue weighted by Crippen LogP contribution is 2.01. The first-order valence-electron chi connectivity index (χ1n) is 4.28. The number of esters is 2. The molecule has 1 unspecified atom stereocenters. The maximum Gasteiger partial charge on any atom is 0.334 e. The average molecular weight is 233 g/mol. The van der Waals surface area contributed by atoms with Crippen LogP contribution in [0.2, 0.25) is 0 Å². The molecule has 0 aromatic rings. The van der Waals surface area contributed by atoms with E-state index in [1.807, 2.05) is 0 Å². The number of rotatable bonds is 5. The lowest BCUT2D eigenvalue weighted by Crippen LogP contribution is -2.21. The molecule has 0 radical (unpaired) electrons. The largest absolute Gasteiger partial charge is 0.458 e. The molecule has 0 fully saturated rings. The normalized spacial score (nSPS) is 12.9. The number of halogens is 1. The fourth-order valence-corrected chi connectivity index (χ4v) is 0.721. The van der Waals surface area contributed by atoms with Crippen molar-refractivity contribution in [2.24, 2.45) is 0 Å². The van der Waals surface area contributed by atoms with Gasteiger partial charge in [0.25, 0.3) is 0 Å². The molecule has 0 aliphatic heterocycles. The molecule has 0 rings (SSSR count). The van der Waals surface area contributed by atoms with Crippen molar-refractivity contribution in [3.63, 3.8) is 0 Å². The Morgan fingerprint density at radius 1 is 1.53 bits per heavy atom. The molecule has 0 aliphatic carbocycles. The van der Waals surface area contributed by atoms with Gasteiger partial charge in [0, 0.05) is 17.2 Å². The smallest absolute Gasteiger partial charge is 0.334 e. The van der Waals surface area contributed by atoms with Crippen LogP contribution in [0.15, 0.2) is 23.8 Å². The van der Waals surface area contributed by atoms with Gasteiger partial charge in [0.05, 0.1) is 0 Å². The summed E-state index contributed by atoms with van der Waals surface area (Å²) in [7, 11) is 0. The zero-order valence-electron chi connectivity index (χ0n) is 8.66. The monoisotopic (exact) mass is 232 g/mol. The number of hydrogen-bond donors (Lipinski definition) is 0. The van der Waals surface area contributed by atoms with Crippen molar-refractivity contribution in [1.82, 2.24) is 0 Å². The molecular formula is C10H13ClO4. The summed E-state index contributed by atoms with van der Waals surface area (Å²) < 4.78 is 9.58. The van der Waals surface area contributed by atoms with Crippen LogP contribution >= 0.6 is 11.6 Å². The van der Waals surface area contributed by atoms with E-state index in [0.29, 0.717) is 5.57 Å². The predicted molar refractivity (Wildman–Crippen MR) is 56.3 cm³/mol. The highest BCUT2D eigenvalue weighted by atomic mass is 35.5. The van der Waals surface area contributed by atoms with Crippen molar-refractivity contribution in [3.8, 4) is 0 Å². The first-order valence-corrected chi connectivity index (χ1v) is 4.72. The molecule has 0 aromatic carbocycles. The molecule has 0 spiro atoms. The molecule has 0 saturated heterocycles. The van der Waals surface area contributed by atoms with E-state index in [1.54, 1.807) is 6.92 Å². The van der Waals surface area contributed by atoms with Crippen LogP contribution in [0.5, 0.6) is 0 Å². The van der Waals surface area contributed by atoms with Gasteiger partial charge in [-0.15, -0.1) is 0 Å². The second-order valence-electron chi connectivity index (χ2n) is 2.84. The van der Waals surface area contributed by atoms with Crippen LogP contribution in [0.1, 0.15) is 13.8 Å². The van der Waals surface area contributed by atoms with Crippen LogP contribution in [0.25, 0.3) is 0 Å². The Bertz CT molecular complexity index is 283. The maximum absolute atomic E-state index is 11.1. The lowest BCUT2D eigenvalue weighted by atomic mass is 10.3. The molecule has 0 aromatic heterocycles. The summed E-state index contributed by atoms with van der Waals surface area (Å²) >= 11 is 5.31. The Morgan fingerprint density at radius 3 is 2.60 bits per heavy atom. The molecule has 5 heteroatoms. The fraction of sp³-hybridized carbons (Fsp3) is 0.400. The zero-order chi connectivity index (χ0) is 11.8. The van der Waals surface area contributed by atoms with Crippen LogP contribution in [0.3, 0.4) is 0 Å². The molecule has 0 heterocycles. The van der Waals surface area contributed by atoms with Crippen LogP contribution in [-0.2, 0) is 19.1 Å². The molecule has 4 nitrogen and oxygen atoms in total. The SMILES string of the molecule is C=CC(=O)OC(C)COC(=O)C(C)=CCl. The van der Waals surface area contributed by atoms with Crippen LogP contribution in [-0.4, -0.2) is 24.6 Å². The van der Waals surface area contributed by atoms with Crippen molar-refractivity contribution in [2.45, 2.75) is 20.0 Å². The van der Waals surface area contributed by atoms with Crippen molar-refractivity contribution in [2.75, 3.05) is 6.61 Å². The van der Waals surface area contributed by atoms with Gasteiger partial charge in [0.2, 0.25) is 0 Å². The molecule has 0 amide bonds. The Morgan fingerprint density at radius 2 is 2.13 bits per heavy atom. The third-order valence-corrected chi connectivity index (χ3v) is 1.75. The maximum atomic E-state index is 11.1. The summed E-state index contributed by atoms with van der Waals surface area (Å²) in [6, 6.07) is 0. The molecule has 84 valence electrons. The van der Waals surface area contributed by atoms with Crippen molar-refractivity contribution in [3.05, 3.63) is 23.8 Å². The van der Waals surface area contributed by atoms with Gasteiger partial charge in [0.15, 0.2) is 0 Å². The van der Waals surface area contributed by atoms with Gasteiger partial charge in [0.1, 0.15) is 12.7 Å². The number of carbonyl (C=O) groups is 2. The molecular weight excluding hydrogens is 220 g/mol. The molecule has 0 N–H and O–H groups in total. The van der Waals surface area contributed by atoms with Crippen molar-refractivity contribution >= 4 is 23.5 Å². The van der Waals surface area contributed by atoms with E-state index in [1.165, 1.54) is 6.92 Å². The van der Waals surface area contributed by atoms with E-state index in [2.05, 4.69) is 6.58 Å². The number of ether oxygens (including phenoxy) is 2. The van der Waals surface area contributed by atoms with Gasteiger partial charge in [-0.1, -0.05) is 18.2 Å². The van der Waals surface area contributed by atoms with Gasteiger partial charge in [-0.05, 0) is 13.8 Å². The summed E-state index contributed by atoms with van der Waals surface area (Å²) in [5.74, 6) is -1.09. The molecule has 0 saturated carbocycles. The summed E-state index contributed by atoms with van der Waals surface area (Å²) in [6.45, 7) is 6.36. The number of hydrogen-bond acceptors (Lipinski definition) is 4. The molecule has 1 atom stereocenters. The minimum Gasteiger partial charge on any atom is -0.458 e. The fourth-order valence-electron chi connectivity index (χ4n) is 0.632. The van der Waals surface area contributed by atoms with Crippen molar-refractivity contribution < 1.29 is 19.1 Å². The van der Waals surface area contributed by atoms with E-state index in [-0.39, 0.29) is 6.61 Å². The molecule has 0 bridgehead atoms. The second kappa shape index (κ2) is 7.06. The Labute approximate surface area is 93.5 Å². The standard InChI is InChI=1S/C10H13ClO4/c1-4-9(12)15-8(3)6-14-10(13)7(2)5-11/h4-5,8H,1,6H2,2-3H3. The van der Waals surface area contributed by atoms with Gasteiger partial charge in [-0.25, -0.2) is 9.59 Å². The molecule has 0 aliphatic rings. The van der Waals surface area contributed by atoms with Gasteiger partial charge in [-0.3, -0.25) is 0 Å². The predicted octanol–water partition coefficient (Wildman–Crippen LogP) is 1.79. The number of carbonyl (C=O) groups excluding carboxylic acids is 2. The van der Waals surface area contributed by atoms with Crippen LogP contribution in [0, 0.1) is 0 Å². The van der Waals surface area contributed by atoms with Crippen molar-refractivity contribution in [1.29, 1.82) is 0 Å². The minimum atomic E-state index is -0.553.